The van der Waals surface area contributed by atoms with Gasteiger partial charge in [-0.05, 0) is 24.6 Å². The van der Waals surface area contributed by atoms with Gasteiger partial charge in [0.1, 0.15) is 5.82 Å². The fraction of sp³-hybridized carbons (Fsp3) is 0.400. The molecule has 1 aliphatic rings. The lowest BCUT2D eigenvalue weighted by atomic mass is 10.2. The minimum Gasteiger partial charge on any atom is -0.367 e. The fourth-order valence-corrected chi connectivity index (χ4v) is 3.12. The number of carbonyl (C=O) groups excluding carboxylic acids is 1. The van der Waals surface area contributed by atoms with Crippen LogP contribution < -0.4 is 15.1 Å². The molecule has 0 atom stereocenters. The number of piperazine rings is 1. The Hall–Kier alpha value is -2.63. The SMILES string of the molecule is CCCCNC(=O)c1cncc(N2CCN(c3ccccc3F)CC2)c1. The van der Waals surface area contributed by atoms with Crippen molar-refractivity contribution in [2.45, 2.75) is 19.8 Å². The van der Waals surface area contributed by atoms with Crippen molar-refractivity contribution in [2.75, 3.05) is 42.5 Å². The lowest BCUT2D eigenvalue weighted by Gasteiger charge is -2.37. The highest BCUT2D eigenvalue weighted by molar-refractivity contribution is 5.94. The number of unbranched alkanes of at least 4 members (excludes halogenated alkanes) is 1. The summed E-state index contributed by atoms with van der Waals surface area (Å²) in [6.45, 7) is 5.76. The average molecular weight is 356 g/mol. The summed E-state index contributed by atoms with van der Waals surface area (Å²) < 4.78 is 14.0. The topological polar surface area (TPSA) is 48.5 Å². The average Bonchev–Trinajstić information content (AvgIpc) is 2.69. The summed E-state index contributed by atoms with van der Waals surface area (Å²) in [6.07, 6.45) is 5.39. The number of amides is 1. The van der Waals surface area contributed by atoms with Gasteiger partial charge < -0.3 is 15.1 Å². The highest BCUT2D eigenvalue weighted by atomic mass is 19.1. The molecule has 1 aromatic carbocycles. The number of rotatable bonds is 6. The lowest BCUT2D eigenvalue weighted by Crippen LogP contribution is -2.47. The van der Waals surface area contributed by atoms with Crippen molar-refractivity contribution in [3.8, 4) is 0 Å². The van der Waals surface area contributed by atoms with Crippen molar-refractivity contribution < 1.29 is 9.18 Å². The lowest BCUT2D eigenvalue weighted by molar-refractivity contribution is 0.0953. The number of pyridine rings is 1. The molecule has 2 aromatic rings. The Morgan fingerprint density at radius 2 is 1.88 bits per heavy atom. The number of para-hydroxylation sites is 1. The van der Waals surface area contributed by atoms with E-state index in [1.54, 1.807) is 18.5 Å². The van der Waals surface area contributed by atoms with Crippen molar-refractivity contribution >= 4 is 17.3 Å². The summed E-state index contributed by atoms with van der Waals surface area (Å²) >= 11 is 0. The maximum atomic E-state index is 14.0. The first-order chi connectivity index (χ1) is 12.7. The van der Waals surface area contributed by atoms with Crippen LogP contribution >= 0.6 is 0 Å². The van der Waals surface area contributed by atoms with Crippen LogP contribution in [0.5, 0.6) is 0 Å². The molecule has 2 heterocycles. The van der Waals surface area contributed by atoms with Crippen LogP contribution in [0.15, 0.2) is 42.7 Å². The van der Waals surface area contributed by atoms with Crippen LogP contribution in [-0.4, -0.2) is 43.6 Å². The van der Waals surface area contributed by atoms with Crippen LogP contribution in [0.2, 0.25) is 0 Å². The third kappa shape index (κ3) is 4.31. The summed E-state index contributed by atoms with van der Waals surface area (Å²) in [7, 11) is 0. The molecule has 0 bridgehead atoms. The molecule has 1 saturated heterocycles. The molecule has 1 aliphatic heterocycles. The molecule has 0 aliphatic carbocycles. The quantitative estimate of drug-likeness (QED) is 0.808. The Kier molecular flexibility index (Phi) is 6.04. The Bertz CT molecular complexity index is 744. The van der Waals surface area contributed by atoms with E-state index < -0.39 is 0 Å². The molecule has 1 fully saturated rings. The minimum absolute atomic E-state index is 0.0854. The maximum Gasteiger partial charge on any atom is 0.252 e. The third-order valence-corrected chi connectivity index (χ3v) is 4.64. The van der Waals surface area contributed by atoms with Gasteiger partial charge in [-0.2, -0.15) is 0 Å². The van der Waals surface area contributed by atoms with Crippen molar-refractivity contribution in [1.82, 2.24) is 10.3 Å². The molecule has 3 rings (SSSR count). The molecular formula is C20H25FN4O. The number of nitrogens with zero attached hydrogens (tertiary/aromatic N) is 3. The van der Waals surface area contributed by atoms with Gasteiger partial charge in [-0.15, -0.1) is 0 Å². The zero-order valence-corrected chi connectivity index (χ0v) is 15.1. The van der Waals surface area contributed by atoms with Crippen molar-refractivity contribution in [2.24, 2.45) is 0 Å². The van der Waals surface area contributed by atoms with Gasteiger partial charge in [0.05, 0.1) is 23.1 Å². The van der Waals surface area contributed by atoms with Crippen LogP contribution in [0, 0.1) is 5.82 Å². The van der Waals surface area contributed by atoms with E-state index >= 15 is 0 Å². The van der Waals surface area contributed by atoms with Crippen LogP contribution in [0.3, 0.4) is 0 Å². The summed E-state index contributed by atoms with van der Waals surface area (Å²) in [6, 6.07) is 8.75. The molecule has 0 unspecified atom stereocenters. The Morgan fingerprint density at radius 1 is 1.15 bits per heavy atom. The second-order valence-electron chi connectivity index (χ2n) is 6.47. The summed E-state index contributed by atoms with van der Waals surface area (Å²) in [5.74, 6) is -0.272. The minimum atomic E-state index is -0.187. The molecule has 138 valence electrons. The maximum absolute atomic E-state index is 14.0. The molecule has 1 N–H and O–H groups in total. The Labute approximate surface area is 153 Å². The molecule has 1 aromatic heterocycles. The van der Waals surface area contributed by atoms with E-state index in [0.29, 0.717) is 17.8 Å². The molecule has 1 amide bonds. The van der Waals surface area contributed by atoms with Gasteiger partial charge in [0.25, 0.3) is 5.91 Å². The predicted octanol–water partition coefficient (Wildman–Crippen LogP) is 3.08. The molecule has 6 heteroatoms. The number of hydrogen-bond donors (Lipinski definition) is 1. The fourth-order valence-electron chi connectivity index (χ4n) is 3.12. The van der Waals surface area contributed by atoms with Gasteiger partial charge in [-0.3, -0.25) is 9.78 Å². The van der Waals surface area contributed by atoms with E-state index in [1.807, 2.05) is 18.2 Å². The normalized spacial score (nSPS) is 14.4. The second-order valence-corrected chi connectivity index (χ2v) is 6.47. The van der Waals surface area contributed by atoms with E-state index in [2.05, 4.69) is 27.0 Å². The first-order valence-electron chi connectivity index (χ1n) is 9.16. The number of halogens is 1. The van der Waals surface area contributed by atoms with E-state index in [-0.39, 0.29) is 11.7 Å². The number of aromatic nitrogens is 1. The number of anilines is 2. The van der Waals surface area contributed by atoms with E-state index in [9.17, 15) is 9.18 Å². The van der Waals surface area contributed by atoms with Gasteiger partial charge in [0, 0.05) is 38.9 Å². The molecule has 0 spiro atoms. The van der Waals surface area contributed by atoms with Crippen LogP contribution in [0.1, 0.15) is 30.1 Å². The van der Waals surface area contributed by atoms with Crippen LogP contribution in [0.25, 0.3) is 0 Å². The zero-order chi connectivity index (χ0) is 18.4. The second kappa shape index (κ2) is 8.65. The van der Waals surface area contributed by atoms with E-state index in [0.717, 1.165) is 44.7 Å². The van der Waals surface area contributed by atoms with Gasteiger partial charge in [-0.25, -0.2) is 4.39 Å². The van der Waals surface area contributed by atoms with Crippen molar-refractivity contribution in [3.63, 3.8) is 0 Å². The molecule has 0 radical (unpaired) electrons. The molecule has 0 saturated carbocycles. The highest BCUT2D eigenvalue weighted by Gasteiger charge is 2.20. The summed E-state index contributed by atoms with van der Waals surface area (Å²) in [5, 5.41) is 2.92. The Morgan fingerprint density at radius 3 is 2.62 bits per heavy atom. The standard InChI is InChI=1S/C20H25FN4O/c1-2-3-8-23-20(26)16-13-17(15-22-14-16)24-9-11-25(12-10-24)19-7-5-4-6-18(19)21/h4-7,13-15H,2-3,8-12H2,1H3,(H,23,26). The monoisotopic (exact) mass is 356 g/mol. The first-order valence-corrected chi connectivity index (χ1v) is 9.16. The van der Waals surface area contributed by atoms with Crippen LogP contribution in [0.4, 0.5) is 15.8 Å². The van der Waals surface area contributed by atoms with E-state index in [4.69, 9.17) is 0 Å². The number of carbonyl (C=O) groups is 1. The summed E-state index contributed by atoms with van der Waals surface area (Å²) in [4.78, 5) is 20.7. The largest absolute Gasteiger partial charge is 0.367 e. The summed E-state index contributed by atoms with van der Waals surface area (Å²) in [5.41, 5.74) is 2.16. The number of benzene rings is 1. The number of nitrogens with one attached hydrogen (secondary N) is 1. The Balaban J connectivity index is 1.62. The van der Waals surface area contributed by atoms with Crippen LogP contribution in [-0.2, 0) is 0 Å². The smallest absolute Gasteiger partial charge is 0.252 e. The van der Waals surface area contributed by atoms with Gasteiger partial charge in [0.2, 0.25) is 0 Å². The first kappa shape index (κ1) is 18.2. The zero-order valence-electron chi connectivity index (χ0n) is 15.1. The van der Waals surface area contributed by atoms with Gasteiger partial charge in [0.15, 0.2) is 0 Å². The third-order valence-electron chi connectivity index (χ3n) is 4.64. The van der Waals surface area contributed by atoms with Crippen molar-refractivity contribution in [3.05, 3.63) is 54.1 Å². The molecular weight excluding hydrogens is 331 g/mol. The van der Waals surface area contributed by atoms with Gasteiger partial charge >= 0.3 is 0 Å². The molecule has 5 nitrogen and oxygen atoms in total. The number of hydrogen-bond acceptors (Lipinski definition) is 4. The van der Waals surface area contributed by atoms with Gasteiger partial charge in [-0.1, -0.05) is 25.5 Å². The van der Waals surface area contributed by atoms with Crippen molar-refractivity contribution in [1.29, 1.82) is 0 Å². The predicted molar refractivity (Wildman–Crippen MR) is 102 cm³/mol. The van der Waals surface area contributed by atoms with E-state index in [1.165, 1.54) is 6.07 Å². The highest BCUT2D eigenvalue weighted by Crippen LogP contribution is 2.23. The molecule has 26 heavy (non-hydrogen) atoms.